The zero-order valence-corrected chi connectivity index (χ0v) is 9.48. The molecule has 0 saturated heterocycles. The maximum Gasteiger partial charge on any atom is 0.0668 e. The van der Waals surface area contributed by atoms with E-state index >= 15 is 0 Å². The molecule has 0 aromatic rings. The van der Waals surface area contributed by atoms with Crippen LogP contribution < -0.4 is 5.73 Å². The fourth-order valence-corrected chi connectivity index (χ4v) is 1.60. The van der Waals surface area contributed by atoms with Crippen LogP contribution >= 0.6 is 0 Å². The number of aliphatic hydroxyl groups is 2. The van der Waals surface area contributed by atoms with E-state index in [1.165, 1.54) is 0 Å². The van der Waals surface area contributed by atoms with Crippen LogP contribution in [0, 0.1) is 0 Å². The predicted molar refractivity (Wildman–Crippen MR) is 58.1 cm³/mol. The van der Waals surface area contributed by atoms with Gasteiger partial charge in [0.1, 0.15) is 0 Å². The highest BCUT2D eigenvalue weighted by atomic mass is 16.3. The Morgan fingerprint density at radius 2 is 1.86 bits per heavy atom. The molecule has 0 radical (unpaired) electrons. The molecular weight excluding hydrogens is 180 g/mol. The summed E-state index contributed by atoms with van der Waals surface area (Å²) in [6, 6.07) is 0.0153. The van der Waals surface area contributed by atoms with Crippen molar-refractivity contribution in [3.63, 3.8) is 0 Å². The summed E-state index contributed by atoms with van der Waals surface area (Å²) < 4.78 is 0. The summed E-state index contributed by atoms with van der Waals surface area (Å²) in [6.45, 7) is 5.02. The van der Waals surface area contributed by atoms with E-state index in [-0.39, 0.29) is 12.1 Å². The number of nitrogens with two attached hydrogens (primary N) is 1. The second kappa shape index (κ2) is 7.17. The average molecular weight is 204 g/mol. The Hall–Kier alpha value is -0.160. The molecule has 0 aliphatic heterocycles. The molecule has 4 heteroatoms. The standard InChI is InChI=1S/C10H24N2O2/c1-8(13)7-10(9(2)14)12(3)6-4-5-11/h8-10,13-14H,4-7,11H2,1-3H3/t8?,9-,10?/m1/s1. The van der Waals surface area contributed by atoms with Crippen molar-refractivity contribution in [3.8, 4) is 0 Å². The average Bonchev–Trinajstić information content (AvgIpc) is 2.09. The first-order valence-electron chi connectivity index (χ1n) is 5.25. The fourth-order valence-electron chi connectivity index (χ4n) is 1.60. The van der Waals surface area contributed by atoms with Gasteiger partial charge in [-0.05, 0) is 46.8 Å². The second-order valence-electron chi connectivity index (χ2n) is 4.02. The molecule has 0 bridgehead atoms. The number of likely N-dealkylation sites (N-methyl/N-ethyl adjacent to an activating group) is 1. The van der Waals surface area contributed by atoms with Gasteiger partial charge < -0.3 is 20.8 Å². The number of rotatable bonds is 7. The van der Waals surface area contributed by atoms with Gasteiger partial charge in [-0.2, -0.15) is 0 Å². The van der Waals surface area contributed by atoms with E-state index in [2.05, 4.69) is 4.90 Å². The molecule has 0 aliphatic rings. The summed E-state index contributed by atoms with van der Waals surface area (Å²) in [6.07, 6.45) is 0.709. The topological polar surface area (TPSA) is 69.7 Å². The Balaban J connectivity index is 4.04. The Kier molecular flexibility index (Phi) is 7.09. The molecule has 0 heterocycles. The minimum absolute atomic E-state index is 0.0153. The van der Waals surface area contributed by atoms with Gasteiger partial charge in [-0.1, -0.05) is 0 Å². The Morgan fingerprint density at radius 1 is 1.29 bits per heavy atom. The maximum absolute atomic E-state index is 9.55. The lowest BCUT2D eigenvalue weighted by Crippen LogP contribution is -2.42. The number of hydrogen-bond donors (Lipinski definition) is 3. The molecule has 0 spiro atoms. The molecule has 0 aromatic heterocycles. The van der Waals surface area contributed by atoms with Crippen LogP contribution in [-0.4, -0.2) is 53.5 Å². The van der Waals surface area contributed by atoms with E-state index in [0.717, 1.165) is 13.0 Å². The highest BCUT2D eigenvalue weighted by Crippen LogP contribution is 2.10. The molecular formula is C10H24N2O2. The molecule has 0 aliphatic carbocycles. The summed E-state index contributed by atoms with van der Waals surface area (Å²) in [5, 5.41) is 18.8. The van der Waals surface area contributed by atoms with Crippen LogP contribution in [0.2, 0.25) is 0 Å². The molecule has 86 valence electrons. The monoisotopic (exact) mass is 204 g/mol. The normalized spacial score (nSPS) is 18.2. The number of aliphatic hydroxyl groups excluding tert-OH is 2. The highest BCUT2D eigenvalue weighted by Gasteiger charge is 2.21. The van der Waals surface area contributed by atoms with Crippen molar-refractivity contribution in [2.75, 3.05) is 20.1 Å². The minimum Gasteiger partial charge on any atom is -0.393 e. The van der Waals surface area contributed by atoms with Gasteiger partial charge in [-0.3, -0.25) is 0 Å². The fraction of sp³-hybridized carbons (Fsp3) is 1.00. The van der Waals surface area contributed by atoms with Crippen molar-refractivity contribution in [1.82, 2.24) is 4.90 Å². The van der Waals surface area contributed by atoms with E-state index in [9.17, 15) is 10.2 Å². The van der Waals surface area contributed by atoms with E-state index < -0.39 is 6.10 Å². The first-order valence-corrected chi connectivity index (χ1v) is 5.25. The van der Waals surface area contributed by atoms with Crippen LogP contribution in [0.3, 0.4) is 0 Å². The predicted octanol–water partition coefficient (Wildman–Crippen LogP) is -0.213. The lowest BCUT2D eigenvalue weighted by atomic mass is 10.0. The third kappa shape index (κ3) is 5.54. The van der Waals surface area contributed by atoms with Gasteiger partial charge in [0.05, 0.1) is 12.2 Å². The van der Waals surface area contributed by atoms with E-state index in [1.54, 1.807) is 13.8 Å². The van der Waals surface area contributed by atoms with Gasteiger partial charge >= 0.3 is 0 Å². The molecule has 4 nitrogen and oxygen atoms in total. The summed E-state index contributed by atoms with van der Waals surface area (Å²) in [4.78, 5) is 2.06. The highest BCUT2D eigenvalue weighted by molar-refractivity contribution is 4.76. The summed E-state index contributed by atoms with van der Waals surface area (Å²) in [5.74, 6) is 0. The molecule has 4 N–H and O–H groups in total. The minimum atomic E-state index is -0.424. The molecule has 0 saturated carbocycles. The van der Waals surface area contributed by atoms with Crippen LogP contribution in [-0.2, 0) is 0 Å². The first-order chi connectivity index (χ1) is 6.49. The van der Waals surface area contributed by atoms with Crippen LogP contribution in [0.4, 0.5) is 0 Å². The van der Waals surface area contributed by atoms with Crippen molar-refractivity contribution in [2.45, 2.75) is 44.9 Å². The van der Waals surface area contributed by atoms with Crippen molar-refractivity contribution in [3.05, 3.63) is 0 Å². The molecule has 0 aromatic carbocycles. The van der Waals surface area contributed by atoms with Crippen molar-refractivity contribution in [1.29, 1.82) is 0 Å². The van der Waals surface area contributed by atoms with Crippen LogP contribution in [0.5, 0.6) is 0 Å². The van der Waals surface area contributed by atoms with Crippen LogP contribution in [0.25, 0.3) is 0 Å². The van der Waals surface area contributed by atoms with Crippen molar-refractivity contribution >= 4 is 0 Å². The SMILES string of the molecule is CC(O)CC([C@@H](C)O)N(C)CCCN. The van der Waals surface area contributed by atoms with E-state index in [0.29, 0.717) is 13.0 Å². The maximum atomic E-state index is 9.55. The lowest BCUT2D eigenvalue weighted by Gasteiger charge is -2.31. The third-order valence-electron chi connectivity index (χ3n) is 2.42. The van der Waals surface area contributed by atoms with Gasteiger partial charge in [-0.25, -0.2) is 0 Å². The number of nitrogens with zero attached hydrogens (tertiary/aromatic N) is 1. The van der Waals surface area contributed by atoms with Gasteiger partial charge in [0.25, 0.3) is 0 Å². The molecule has 0 fully saturated rings. The van der Waals surface area contributed by atoms with Gasteiger partial charge in [0, 0.05) is 6.04 Å². The quantitative estimate of drug-likeness (QED) is 0.536. The van der Waals surface area contributed by atoms with Crippen LogP contribution in [0.1, 0.15) is 26.7 Å². The van der Waals surface area contributed by atoms with Crippen LogP contribution in [0.15, 0.2) is 0 Å². The smallest absolute Gasteiger partial charge is 0.0668 e. The summed E-state index contributed by atoms with van der Waals surface area (Å²) in [7, 11) is 1.95. The van der Waals surface area contributed by atoms with E-state index in [4.69, 9.17) is 5.73 Å². The zero-order valence-electron chi connectivity index (χ0n) is 9.48. The van der Waals surface area contributed by atoms with Gasteiger partial charge in [-0.15, -0.1) is 0 Å². The zero-order chi connectivity index (χ0) is 11.1. The van der Waals surface area contributed by atoms with Gasteiger partial charge in [0.15, 0.2) is 0 Å². The molecule has 2 unspecified atom stereocenters. The van der Waals surface area contributed by atoms with Crippen molar-refractivity contribution in [2.24, 2.45) is 5.73 Å². The number of hydrogen-bond acceptors (Lipinski definition) is 4. The summed E-state index contributed by atoms with van der Waals surface area (Å²) in [5.41, 5.74) is 5.42. The first kappa shape index (κ1) is 13.8. The largest absolute Gasteiger partial charge is 0.393 e. The molecule has 0 rings (SSSR count). The summed E-state index contributed by atoms with van der Waals surface area (Å²) >= 11 is 0. The molecule has 14 heavy (non-hydrogen) atoms. The van der Waals surface area contributed by atoms with Gasteiger partial charge in [0.2, 0.25) is 0 Å². The van der Waals surface area contributed by atoms with E-state index in [1.807, 2.05) is 7.05 Å². The Bertz CT molecular complexity index is 140. The third-order valence-corrected chi connectivity index (χ3v) is 2.42. The second-order valence-corrected chi connectivity index (χ2v) is 4.02. The Labute approximate surface area is 86.7 Å². The lowest BCUT2D eigenvalue weighted by molar-refractivity contribution is 0.0409. The Morgan fingerprint density at radius 3 is 2.21 bits per heavy atom. The molecule has 3 atom stereocenters. The van der Waals surface area contributed by atoms with Crippen molar-refractivity contribution < 1.29 is 10.2 Å². The molecule has 0 amide bonds.